The summed E-state index contributed by atoms with van der Waals surface area (Å²) in [5.41, 5.74) is 1.21. The number of carbonyl (C=O) groups excluding carboxylic acids is 4. The van der Waals surface area contributed by atoms with Gasteiger partial charge < -0.3 is 41.5 Å². The summed E-state index contributed by atoms with van der Waals surface area (Å²) in [5, 5.41) is 26.3. The van der Waals surface area contributed by atoms with Gasteiger partial charge in [-0.15, -0.1) is 0 Å². The number of aliphatic hydroxyl groups excluding tert-OH is 1. The molecule has 79 heavy (non-hydrogen) atoms. The van der Waals surface area contributed by atoms with Crippen LogP contribution in [0.25, 0.3) is 0 Å². The van der Waals surface area contributed by atoms with Gasteiger partial charge in [0.2, 0.25) is 23.6 Å². The van der Waals surface area contributed by atoms with Gasteiger partial charge in [0.1, 0.15) is 61.6 Å². The van der Waals surface area contributed by atoms with Gasteiger partial charge in [0.25, 0.3) is 0 Å². The number of piperidine rings is 2. The monoisotopic (exact) mass is 1100 g/mol. The highest BCUT2D eigenvalue weighted by molar-refractivity contribution is 5.89. The molecule has 19 heteroatoms. The van der Waals surface area contributed by atoms with Gasteiger partial charge in [-0.2, -0.15) is 0 Å². The van der Waals surface area contributed by atoms with E-state index >= 15 is 8.78 Å². The molecule has 4 saturated heterocycles. The normalized spacial score (nSPS) is 22.5. The zero-order valence-corrected chi connectivity index (χ0v) is 47.8. The average molecular weight is 1100 g/mol. The Balaban J connectivity index is 0.686. The van der Waals surface area contributed by atoms with Gasteiger partial charge in [-0.1, -0.05) is 65.0 Å². The number of rotatable bonds is 24. The van der Waals surface area contributed by atoms with Crippen LogP contribution in [0, 0.1) is 46.6 Å². The molecule has 432 valence electrons. The largest absolute Gasteiger partial charge is 0.383 e. The van der Waals surface area contributed by atoms with E-state index in [0.29, 0.717) is 107 Å². The first-order valence-electron chi connectivity index (χ1n) is 29.2. The Morgan fingerprint density at radius 1 is 0.861 bits per heavy atom. The number of piperazine rings is 1. The minimum atomic E-state index is -1.22. The summed E-state index contributed by atoms with van der Waals surface area (Å²) in [7, 11) is 2.08. The lowest BCUT2D eigenvalue weighted by Crippen LogP contribution is -2.66. The van der Waals surface area contributed by atoms with Crippen molar-refractivity contribution >= 4 is 47.2 Å². The molecule has 6 N–H and O–H groups in total. The standard InChI is InChI=1S/C60H88F2N12O5/c1-41(2)26-50(68-58(79)56(77)42(3)27-43-12-8-7-9-13-43)57(78)65-20-11-21-70(6)33-44-28-45-34-72(35-46(45)29-44)37-54(75)64-19-10-18-63-52-32-53(67-40-66-52)73-24-16-60(17-25-73)39-74(38-55(76)69-60)51-31-48(61)47(30-49(51)62)36-71-22-14-59(4,5)15-23-71/h7-9,12-13,30-33,40-42,44-46,50,56,77H,10-11,14-29,34-39H2,1-6H3,(H4-,63,64,65,66,67,68,69,75,76,78,79)/p+1/b70-33+/t42-,44?,45-,46+,50+,56+/m1/s1. The minimum Gasteiger partial charge on any atom is -0.383 e. The fourth-order valence-electron chi connectivity index (χ4n) is 12.6. The third kappa shape index (κ3) is 16.9. The molecule has 8 rings (SSSR count). The van der Waals surface area contributed by atoms with Gasteiger partial charge in [-0.25, -0.2) is 23.3 Å². The van der Waals surface area contributed by atoms with Gasteiger partial charge in [-0.05, 0) is 112 Å². The van der Waals surface area contributed by atoms with Crippen molar-refractivity contribution in [3.63, 3.8) is 0 Å². The quantitative estimate of drug-likeness (QED) is 0.0391. The molecule has 1 aromatic heterocycles. The van der Waals surface area contributed by atoms with Crippen LogP contribution in [0.3, 0.4) is 0 Å². The molecule has 1 unspecified atom stereocenters. The highest BCUT2D eigenvalue weighted by atomic mass is 19.1. The first-order chi connectivity index (χ1) is 37.8. The number of nitrogens with zero attached hydrogens (tertiary/aromatic N) is 7. The van der Waals surface area contributed by atoms with Crippen molar-refractivity contribution in [2.75, 3.05) is 107 Å². The fourth-order valence-corrected chi connectivity index (χ4v) is 12.6. The molecule has 2 aromatic carbocycles. The van der Waals surface area contributed by atoms with E-state index < -0.39 is 35.2 Å². The Morgan fingerprint density at radius 2 is 1.57 bits per heavy atom. The number of hydrogen-bond acceptors (Lipinski definition) is 12. The maximum atomic E-state index is 15.7. The van der Waals surface area contributed by atoms with E-state index in [9.17, 15) is 24.3 Å². The van der Waals surface area contributed by atoms with Crippen molar-refractivity contribution in [2.24, 2.45) is 35.0 Å². The second-order valence-electron chi connectivity index (χ2n) is 24.9. The summed E-state index contributed by atoms with van der Waals surface area (Å²) in [6.45, 7) is 18.7. The number of aliphatic hydroxyl groups is 1. The minimum absolute atomic E-state index is 0.0302. The average Bonchev–Trinajstić information content (AvgIpc) is 4.02. The van der Waals surface area contributed by atoms with E-state index in [2.05, 4.69) is 82.9 Å². The molecule has 6 atom stereocenters. The Kier molecular flexibility index (Phi) is 20.4. The van der Waals surface area contributed by atoms with Crippen molar-refractivity contribution in [1.82, 2.24) is 41.0 Å². The number of aromatic nitrogens is 2. The number of carbonyl (C=O) groups is 4. The molecule has 1 spiro atoms. The summed E-state index contributed by atoms with van der Waals surface area (Å²) in [4.78, 5) is 69.7. The van der Waals surface area contributed by atoms with Gasteiger partial charge in [0, 0.05) is 88.9 Å². The molecule has 5 heterocycles. The summed E-state index contributed by atoms with van der Waals surface area (Å²) >= 11 is 0. The number of benzene rings is 2. The molecule has 17 nitrogen and oxygen atoms in total. The molecule has 5 fully saturated rings. The molecule has 0 bridgehead atoms. The molecule has 4 aliphatic heterocycles. The molecule has 0 radical (unpaired) electrons. The predicted molar refractivity (Wildman–Crippen MR) is 305 cm³/mol. The Bertz CT molecular complexity index is 2560. The van der Waals surface area contributed by atoms with Crippen LogP contribution in [-0.2, 0) is 32.1 Å². The smallest absolute Gasteiger partial charge is 0.249 e. The van der Waals surface area contributed by atoms with E-state index in [1.807, 2.05) is 57.2 Å². The number of fused-ring (bicyclic) bond motifs is 1. The van der Waals surface area contributed by atoms with Crippen LogP contribution in [-0.4, -0.2) is 169 Å². The molecule has 1 saturated carbocycles. The Labute approximate surface area is 467 Å². The second kappa shape index (κ2) is 27.1. The first kappa shape index (κ1) is 59.3. The lowest BCUT2D eigenvalue weighted by Gasteiger charge is -2.48. The van der Waals surface area contributed by atoms with Crippen LogP contribution in [0.1, 0.15) is 104 Å². The number of halogens is 2. The predicted octanol–water partition coefficient (Wildman–Crippen LogP) is 5.22. The zero-order chi connectivity index (χ0) is 56.3. The van der Waals surface area contributed by atoms with Gasteiger partial charge in [0.15, 0.2) is 0 Å². The highest BCUT2D eigenvalue weighted by Gasteiger charge is 2.43. The van der Waals surface area contributed by atoms with E-state index in [1.165, 1.54) is 18.5 Å². The van der Waals surface area contributed by atoms with Gasteiger partial charge in [-0.3, -0.25) is 29.0 Å². The van der Waals surface area contributed by atoms with Crippen molar-refractivity contribution in [3.05, 3.63) is 77.6 Å². The lowest BCUT2D eigenvalue weighted by atomic mass is 9.82. The molecular formula is C60H89F2N12O5+. The number of likely N-dealkylation sites (tertiary alicyclic amines) is 2. The zero-order valence-electron chi connectivity index (χ0n) is 47.8. The Morgan fingerprint density at radius 3 is 2.28 bits per heavy atom. The van der Waals surface area contributed by atoms with Crippen molar-refractivity contribution in [1.29, 1.82) is 0 Å². The topological polar surface area (TPSA) is 190 Å². The number of amides is 4. The van der Waals surface area contributed by atoms with Crippen molar-refractivity contribution < 1.29 is 37.6 Å². The third-order valence-electron chi connectivity index (χ3n) is 17.2. The maximum absolute atomic E-state index is 15.7. The van der Waals surface area contributed by atoms with Crippen LogP contribution in [0.4, 0.5) is 26.1 Å². The summed E-state index contributed by atoms with van der Waals surface area (Å²) in [5.74, 6) is 1.08. The first-order valence-corrected chi connectivity index (χ1v) is 29.2. The van der Waals surface area contributed by atoms with Crippen LogP contribution < -0.4 is 36.4 Å². The number of anilines is 3. The summed E-state index contributed by atoms with van der Waals surface area (Å²) in [6, 6.07) is 13.5. The molecule has 4 amide bonds. The van der Waals surface area contributed by atoms with E-state index in [-0.39, 0.29) is 47.2 Å². The number of nitrogens with one attached hydrogen (secondary N) is 5. The molecular weight excluding hydrogens is 1010 g/mol. The van der Waals surface area contributed by atoms with Gasteiger partial charge in [0.05, 0.1) is 24.3 Å². The van der Waals surface area contributed by atoms with Crippen molar-refractivity contribution in [3.8, 4) is 0 Å². The van der Waals surface area contributed by atoms with Crippen LogP contribution >= 0.6 is 0 Å². The number of hydrogen-bond donors (Lipinski definition) is 6. The molecule has 1 aliphatic carbocycles. The van der Waals surface area contributed by atoms with E-state index in [1.54, 1.807) is 4.90 Å². The van der Waals surface area contributed by atoms with Crippen LogP contribution in [0.2, 0.25) is 0 Å². The summed E-state index contributed by atoms with van der Waals surface area (Å²) < 4.78 is 33.5. The highest BCUT2D eigenvalue weighted by Crippen LogP contribution is 2.41. The van der Waals surface area contributed by atoms with Gasteiger partial charge >= 0.3 is 0 Å². The maximum Gasteiger partial charge on any atom is 0.249 e. The Hall–Kier alpha value is -5.79. The lowest BCUT2D eigenvalue weighted by molar-refractivity contribution is -0.495. The SMILES string of the molecule is CC(C)C[C@H](NC(=O)[C@@H](O)[C@H](C)Cc1ccccc1)C(=O)NCCC/[N+](C)=C/C1C[C@@H]2CN(CC(=O)NCCCNc3cc(N4CCC5(CC4)CN(c4cc(F)c(CN6CCC(C)(C)CC6)cc4F)CC(=O)N5)ncn3)C[C@@H]2C1. The second-order valence-corrected chi connectivity index (χ2v) is 24.9. The van der Waals surface area contributed by atoms with Crippen LogP contribution in [0.5, 0.6) is 0 Å². The third-order valence-corrected chi connectivity index (χ3v) is 17.2. The molecule has 5 aliphatic rings. The summed E-state index contributed by atoms with van der Waals surface area (Å²) in [6.07, 6.45) is 10.6. The van der Waals surface area contributed by atoms with E-state index in [0.717, 1.165) is 82.6 Å². The fraction of sp³-hybridized carbons (Fsp3) is 0.650. The van der Waals surface area contributed by atoms with Crippen molar-refractivity contribution in [2.45, 2.75) is 123 Å². The van der Waals surface area contributed by atoms with Crippen LogP contribution in [0.15, 0.2) is 54.9 Å². The van der Waals surface area contributed by atoms with E-state index in [4.69, 9.17) is 0 Å². The molecule has 3 aromatic rings.